The molecule has 0 radical (unpaired) electrons. The van der Waals surface area contributed by atoms with Gasteiger partial charge in [-0.15, -0.1) is 0 Å². The molecule has 0 aliphatic carbocycles. The Bertz CT molecular complexity index is 551. The molecule has 1 atom stereocenters. The summed E-state index contributed by atoms with van der Waals surface area (Å²) in [5, 5.41) is 0. The Balaban J connectivity index is 1.74. The highest BCUT2D eigenvalue weighted by molar-refractivity contribution is 5.63. The van der Waals surface area contributed by atoms with E-state index in [0.717, 1.165) is 5.56 Å². The summed E-state index contributed by atoms with van der Waals surface area (Å²) in [6, 6.07) is 18.4. The maximum absolute atomic E-state index is 5.68. The predicted octanol–water partition coefficient (Wildman–Crippen LogP) is 4.11. The molecule has 0 amide bonds. The molecule has 20 heavy (non-hydrogen) atoms. The fourth-order valence-electron chi connectivity index (χ4n) is 2.12. The summed E-state index contributed by atoms with van der Waals surface area (Å²) in [6.07, 6.45) is -0.451. The number of ether oxygens (including phenoxy) is 1. The van der Waals surface area contributed by atoms with E-state index in [1.807, 2.05) is 44.2 Å². The summed E-state index contributed by atoms with van der Waals surface area (Å²) < 4.78 is 5.68. The van der Waals surface area contributed by atoms with Crippen molar-refractivity contribution in [1.82, 2.24) is 0 Å². The zero-order chi connectivity index (χ0) is 14.0. The quantitative estimate of drug-likeness (QED) is 0.769. The molecular formula is C17H18O3. The van der Waals surface area contributed by atoms with Crippen molar-refractivity contribution in [3.05, 3.63) is 60.2 Å². The van der Waals surface area contributed by atoms with Crippen LogP contribution in [0, 0.1) is 0 Å². The zero-order valence-corrected chi connectivity index (χ0v) is 11.7. The van der Waals surface area contributed by atoms with Gasteiger partial charge in [0.25, 0.3) is 0 Å². The van der Waals surface area contributed by atoms with Crippen molar-refractivity contribution in [2.45, 2.75) is 25.7 Å². The van der Waals surface area contributed by atoms with Crippen LogP contribution in [0.3, 0.4) is 0 Å². The molecule has 1 aliphatic rings. The molecule has 3 nitrogen and oxygen atoms in total. The van der Waals surface area contributed by atoms with E-state index >= 15 is 0 Å². The Morgan fingerprint density at radius 1 is 0.900 bits per heavy atom. The molecule has 104 valence electrons. The van der Waals surface area contributed by atoms with Gasteiger partial charge in [0.1, 0.15) is 5.60 Å². The highest BCUT2D eigenvalue weighted by Crippen LogP contribution is 2.30. The molecular weight excluding hydrogens is 252 g/mol. The van der Waals surface area contributed by atoms with Crippen molar-refractivity contribution in [3.63, 3.8) is 0 Å². The standard InChI is InChI=1S/C17H18O3/c1-17(2)12-18-16(19-20-17)15-10-8-14(9-11-15)13-6-4-3-5-7-13/h3-11,16H,12H2,1-2H3. The van der Waals surface area contributed by atoms with E-state index in [4.69, 9.17) is 14.5 Å². The Kier molecular flexibility index (Phi) is 3.57. The van der Waals surface area contributed by atoms with Crippen LogP contribution in [0.1, 0.15) is 25.7 Å². The minimum atomic E-state index is -0.451. The molecule has 1 heterocycles. The monoisotopic (exact) mass is 270 g/mol. The van der Waals surface area contributed by atoms with E-state index in [9.17, 15) is 0 Å². The van der Waals surface area contributed by atoms with Crippen LogP contribution in [0.4, 0.5) is 0 Å². The van der Waals surface area contributed by atoms with Gasteiger partial charge in [-0.2, -0.15) is 4.89 Å². The first kappa shape index (κ1) is 13.3. The normalized spacial score (nSPS) is 21.6. The molecule has 1 fully saturated rings. The van der Waals surface area contributed by atoms with Crippen molar-refractivity contribution < 1.29 is 14.5 Å². The van der Waals surface area contributed by atoms with Crippen LogP contribution in [0.2, 0.25) is 0 Å². The van der Waals surface area contributed by atoms with Crippen LogP contribution in [0.5, 0.6) is 0 Å². The average Bonchev–Trinajstić information content (AvgIpc) is 2.48. The lowest BCUT2D eigenvalue weighted by molar-refractivity contribution is -0.469. The minimum absolute atomic E-state index is 0.388. The van der Waals surface area contributed by atoms with Gasteiger partial charge < -0.3 is 4.74 Å². The summed E-state index contributed by atoms with van der Waals surface area (Å²) in [5.41, 5.74) is 2.94. The Labute approximate surface area is 119 Å². The third-order valence-corrected chi connectivity index (χ3v) is 3.23. The van der Waals surface area contributed by atoms with E-state index in [2.05, 4.69) is 24.3 Å². The summed E-state index contributed by atoms with van der Waals surface area (Å²) >= 11 is 0. The maximum Gasteiger partial charge on any atom is 0.217 e. The van der Waals surface area contributed by atoms with Gasteiger partial charge in [-0.25, -0.2) is 4.89 Å². The van der Waals surface area contributed by atoms with E-state index < -0.39 is 6.29 Å². The maximum atomic E-state index is 5.68. The molecule has 0 aromatic heterocycles. The van der Waals surface area contributed by atoms with Crippen molar-refractivity contribution >= 4 is 0 Å². The highest BCUT2D eigenvalue weighted by atomic mass is 17.2. The van der Waals surface area contributed by atoms with Gasteiger partial charge in [0.15, 0.2) is 0 Å². The van der Waals surface area contributed by atoms with Crippen molar-refractivity contribution in [1.29, 1.82) is 0 Å². The first-order valence-corrected chi connectivity index (χ1v) is 6.76. The van der Waals surface area contributed by atoms with Crippen LogP contribution in [-0.4, -0.2) is 12.2 Å². The molecule has 0 spiro atoms. The Morgan fingerprint density at radius 2 is 1.55 bits per heavy atom. The summed E-state index contributed by atoms with van der Waals surface area (Å²) in [4.78, 5) is 10.6. The fraction of sp³-hybridized carbons (Fsp3) is 0.294. The third-order valence-electron chi connectivity index (χ3n) is 3.23. The SMILES string of the molecule is CC1(C)COC(c2ccc(-c3ccccc3)cc2)OO1. The van der Waals surface area contributed by atoms with Gasteiger partial charge in [0.05, 0.1) is 6.61 Å². The number of hydrogen-bond donors (Lipinski definition) is 0. The second-order valence-electron chi connectivity index (χ2n) is 5.57. The van der Waals surface area contributed by atoms with Gasteiger partial charge in [-0.3, -0.25) is 0 Å². The lowest BCUT2D eigenvalue weighted by atomic mass is 10.0. The van der Waals surface area contributed by atoms with Crippen molar-refractivity contribution in [2.24, 2.45) is 0 Å². The first-order valence-electron chi connectivity index (χ1n) is 6.76. The number of benzene rings is 2. The van der Waals surface area contributed by atoms with Crippen LogP contribution in [-0.2, 0) is 14.5 Å². The number of hydrogen-bond acceptors (Lipinski definition) is 3. The van der Waals surface area contributed by atoms with Gasteiger partial charge in [-0.05, 0) is 25.0 Å². The molecule has 1 saturated heterocycles. The Morgan fingerprint density at radius 3 is 2.15 bits per heavy atom. The summed E-state index contributed by atoms with van der Waals surface area (Å²) in [6.45, 7) is 4.38. The fourth-order valence-corrected chi connectivity index (χ4v) is 2.12. The van der Waals surface area contributed by atoms with Crippen LogP contribution in [0.25, 0.3) is 11.1 Å². The molecule has 2 aromatic rings. The second-order valence-corrected chi connectivity index (χ2v) is 5.57. The highest BCUT2D eigenvalue weighted by Gasteiger charge is 2.30. The van der Waals surface area contributed by atoms with E-state index in [1.54, 1.807) is 0 Å². The summed E-state index contributed by atoms with van der Waals surface area (Å²) in [5.74, 6) is 0. The van der Waals surface area contributed by atoms with Gasteiger partial charge >= 0.3 is 0 Å². The molecule has 2 aromatic carbocycles. The molecule has 3 rings (SSSR count). The molecule has 3 heteroatoms. The first-order chi connectivity index (χ1) is 9.64. The largest absolute Gasteiger partial charge is 0.343 e. The Hall–Kier alpha value is -1.68. The predicted molar refractivity (Wildman–Crippen MR) is 76.8 cm³/mol. The molecule has 1 unspecified atom stereocenters. The second kappa shape index (κ2) is 5.37. The molecule has 0 saturated carbocycles. The van der Waals surface area contributed by atoms with E-state index in [-0.39, 0.29) is 5.60 Å². The van der Waals surface area contributed by atoms with Crippen LogP contribution < -0.4 is 0 Å². The van der Waals surface area contributed by atoms with Crippen LogP contribution in [0.15, 0.2) is 54.6 Å². The van der Waals surface area contributed by atoms with Crippen LogP contribution >= 0.6 is 0 Å². The molecule has 0 N–H and O–H groups in total. The summed E-state index contributed by atoms with van der Waals surface area (Å²) in [7, 11) is 0. The topological polar surface area (TPSA) is 27.7 Å². The van der Waals surface area contributed by atoms with Crippen molar-refractivity contribution in [2.75, 3.05) is 6.61 Å². The third kappa shape index (κ3) is 2.90. The smallest absolute Gasteiger partial charge is 0.217 e. The van der Waals surface area contributed by atoms with E-state index in [0.29, 0.717) is 6.61 Å². The zero-order valence-electron chi connectivity index (χ0n) is 11.7. The van der Waals surface area contributed by atoms with E-state index in [1.165, 1.54) is 11.1 Å². The lowest BCUT2D eigenvalue weighted by Crippen LogP contribution is -2.37. The van der Waals surface area contributed by atoms with Gasteiger partial charge in [-0.1, -0.05) is 54.6 Å². The van der Waals surface area contributed by atoms with Gasteiger partial charge in [0.2, 0.25) is 6.29 Å². The molecule has 0 bridgehead atoms. The minimum Gasteiger partial charge on any atom is -0.343 e. The molecule has 1 aliphatic heterocycles. The lowest BCUT2D eigenvalue weighted by Gasteiger charge is -2.33. The van der Waals surface area contributed by atoms with Gasteiger partial charge in [0, 0.05) is 5.56 Å². The average molecular weight is 270 g/mol. The van der Waals surface area contributed by atoms with Crippen molar-refractivity contribution in [3.8, 4) is 11.1 Å². The number of rotatable bonds is 2.